The van der Waals surface area contributed by atoms with E-state index in [1.165, 1.54) is 0 Å². The molecule has 1 aliphatic heterocycles. The van der Waals surface area contributed by atoms with Crippen molar-refractivity contribution in [1.82, 2.24) is 4.90 Å². The Morgan fingerprint density at radius 2 is 1.88 bits per heavy atom. The van der Waals surface area contributed by atoms with Crippen LogP contribution in [0.3, 0.4) is 0 Å². The highest BCUT2D eigenvalue weighted by Gasteiger charge is 2.23. The van der Waals surface area contributed by atoms with Gasteiger partial charge in [-0.3, -0.25) is 4.79 Å². The van der Waals surface area contributed by atoms with E-state index in [4.69, 9.17) is 21.1 Å². The molecule has 0 fully saturated rings. The molecule has 1 heterocycles. The molecular formula is C19H20ClNO3. The first kappa shape index (κ1) is 16.7. The van der Waals surface area contributed by atoms with Crippen molar-refractivity contribution in [1.29, 1.82) is 0 Å². The Morgan fingerprint density at radius 3 is 2.67 bits per heavy atom. The zero-order valence-corrected chi connectivity index (χ0v) is 14.3. The number of ether oxygens (including phenoxy) is 2. The molecule has 0 saturated heterocycles. The van der Waals surface area contributed by atoms with Gasteiger partial charge >= 0.3 is 0 Å². The van der Waals surface area contributed by atoms with E-state index in [-0.39, 0.29) is 12.0 Å². The van der Waals surface area contributed by atoms with E-state index in [1.54, 1.807) is 11.9 Å². The molecule has 4 nitrogen and oxygen atoms in total. The summed E-state index contributed by atoms with van der Waals surface area (Å²) in [5.41, 5.74) is 0.993. The number of carbonyl (C=O) groups excluding carboxylic acids is 1. The standard InChI is InChI=1S/C19H20ClNO3/c1-21(19(22)11-10-14-6-2-3-7-16(14)20)12-15-13-23-17-8-4-5-9-18(17)24-15/h2-9,15H,10-13H2,1H3/t15-/m1/s1. The Balaban J connectivity index is 1.51. The first-order valence-electron chi connectivity index (χ1n) is 7.99. The minimum Gasteiger partial charge on any atom is -0.486 e. The largest absolute Gasteiger partial charge is 0.486 e. The summed E-state index contributed by atoms with van der Waals surface area (Å²) in [6.45, 7) is 0.939. The van der Waals surface area contributed by atoms with Crippen LogP contribution in [0.1, 0.15) is 12.0 Å². The maximum absolute atomic E-state index is 12.3. The highest BCUT2D eigenvalue weighted by molar-refractivity contribution is 6.31. The van der Waals surface area contributed by atoms with Gasteiger partial charge in [0.2, 0.25) is 5.91 Å². The molecule has 0 radical (unpaired) electrons. The molecule has 1 atom stereocenters. The molecule has 5 heteroatoms. The van der Waals surface area contributed by atoms with Crippen LogP contribution in [0.2, 0.25) is 5.02 Å². The van der Waals surface area contributed by atoms with E-state index in [9.17, 15) is 4.79 Å². The number of rotatable bonds is 5. The average Bonchev–Trinajstić information content (AvgIpc) is 2.60. The molecule has 3 rings (SSSR count). The molecule has 0 aliphatic carbocycles. The zero-order valence-electron chi connectivity index (χ0n) is 13.6. The molecule has 2 aromatic carbocycles. The summed E-state index contributed by atoms with van der Waals surface area (Å²) >= 11 is 6.13. The van der Waals surface area contributed by atoms with Crippen LogP contribution >= 0.6 is 11.6 Å². The summed E-state index contributed by atoms with van der Waals surface area (Å²) in [6.07, 6.45) is 0.895. The predicted octanol–water partition coefficient (Wildman–Crippen LogP) is 3.57. The van der Waals surface area contributed by atoms with Gasteiger partial charge in [0.25, 0.3) is 0 Å². The summed E-state index contributed by atoms with van der Waals surface area (Å²) < 4.78 is 11.6. The number of amides is 1. The fourth-order valence-electron chi connectivity index (χ4n) is 2.69. The van der Waals surface area contributed by atoms with Gasteiger partial charge in [0.1, 0.15) is 6.61 Å². The lowest BCUT2D eigenvalue weighted by atomic mass is 10.1. The molecule has 126 valence electrons. The van der Waals surface area contributed by atoms with Gasteiger partial charge in [-0.25, -0.2) is 0 Å². The zero-order chi connectivity index (χ0) is 16.9. The highest BCUT2D eigenvalue weighted by atomic mass is 35.5. The van der Waals surface area contributed by atoms with Gasteiger partial charge in [0, 0.05) is 18.5 Å². The third-order valence-electron chi connectivity index (χ3n) is 4.04. The van der Waals surface area contributed by atoms with Crippen molar-refractivity contribution in [3.05, 3.63) is 59.1 Å². The van der Waals surface area contributed by atoms with E-state index in [1.807, 2.05) is 48.5 Å². The molecule has 0 saturated carbocycles. The number of hydrogen-bond acceptors (Lipinski definition) is 3. The van der Waals surface area contributed by atoms with Crippen LogP contribution in [-0.2, 0) is 11.2 Å². The maximum Gasteiger partial charge on any atom is 0.222 e. The Kier molecular flexibility index (Phi) is 5.26. The smallest absolute Gasteiger partial charge is 0.222 e. The lowest BCUT2D eigenvalue weighted by molar-refractivity contribution is -0.131. The lowest BCUT2D eigenvalue weighted by Crippen LogP contribution is -2.41. The first-order valence-corrected chi connectivity index (χ1v) is 8.37. The Morgan fingerprint density at radius 1 is 1.17 bits per heavy atom. The molecule has 1 amide bonds. The van der Waals surface area contributed by atoms with Crippen molar-refractivity contribution in [3.63, 3.8) is 0 Å². The quantitative estimate of drug-likeness (QED) is 0.831. The fraction of sp³-hybridized carbons (Fsp3) is 0.316. The molecule has 0 N–H and O–H groups in total. The molecule has 0 aromatic heterocycles. The number of carbonyl (C=O) groups is 1. The summed E-state index contributed by atoms with van der Waals surface area (Å²) in [4.78, 5) is 14.0. The second kappa shape index (κ2) is 7.58. The van der Waals surface area contributed by atoms with Gasteiger partial charge in [-0.05, 0) is 30.2 Å². The van der Waals surface area contributed by atoms with Crippen molar-refractivity contribution in [2.45, 2.75) is 18.9 Å². The van der Waals surface area contributed by atoms with E-state index in [2.05, 4.69) is 0 Å². The molecule has 24 heavy (non-hydrogen) atoms. The van der Waals surface area contributed by atoms with Crippen LogP contribution in [0.4, 0.5) is 0 Å². The summed E-state index contributed by atoms with van der Waals surface area (Å²) in [5.74, 6) is 1.55. The number of aryl methyl sites for hydroxylation is 1. The number of nitrogens with zero attached hydrogens (tertiary/aromatic N) is 1. The van der Waals surface area contributed by atoms with Crippen LogP contribution in [-0.4, -0.2) is 37.1 Å². The number of benzene rings is 2. The Bertz CT molecular complexity index is 719. The Hall–Kier alpha value is -2.20. The molecule has 2 aromatic rings. The van der Waals surface area contributed by atoms with Crippen LogP contribution in [0.5, 0.6) is 11.5 Å². The van der Waals surface area contributed by atoms with Crippen molar-refractivity contribution < 1.29 is 14.3 Å². The van der Waals surface area contributed by atoms with Gasteiger partial charge in [0.05, 0.1) is 6.54 Å². The minimum atomic E-state index is -0.158. The Labute approximate surface area is 146 Å². The van der Waals surface area contributed by atoms with Crippen molar-refractivity contribution in [3.8, 4) is 11.5 Å². The summed E-state index contributed by atoms with van der Waals surface area (Å²) in [6, 6.07) is 15.2. The van der Waals surface area contributed by atoms with E-state index in [0.717, 1.165) is 17.1 Å². The minimum absolute atomic E-state index is 0.0670. The highest BCUT2D eigenvalue weighted by Crippen LogP contribution is 2.31. The third kappa shape index (κ3) is 4.01. The second-order valence-electron chi connectivity index (χ2n) is 5.86. The van der Waals surface area contributed by atoms with Crippen LogP contribution in [0.15, 0.2) is 48.5 Å². The molecule has 0 unspecified atom stereocenters. The second-order valence-corrected chi connectivity index (χ2v) is 6.27. The van der Waals surface area contributed by atoms with Gasteiger partial charge in [-0.15, -0.1) is 0 Å². The average molecular weight is 346 g/mol. The third-order valence-corrected chi connectivity index (χ3v) is 4.41. The lowest BCUT2D eigenvalue weighted by Gasteiger charge is -2.29. The van der Waals surface area contributed by atoms with E-state index < -0.39 is 0 Å². The molecular weight excluding hydrogens is 326 g/mol. The SMILES string of the molecule is CN(C[C@@H]1COc2ccccc2O1)C(=O)CCc1ccccc1Cl. The van der Waals surface area contributed by atoms with Gasteiger partial charge < -0.3 is 14.4 Å². The number of likely N-dealkylation sites (N-methyl/N-ethyl adjacent to an activating group) is 1. The summed E-state index contributed by atoms with van der Waals surface area (Å²) in [5, 5.41) is 0.702. The van der Waals surface area contributed by atoms with E-state index >= 15 is 0 Å². The fourth-order valence-corrected chi connectivity index (χ4v) is 2.92. The van der Waals surface area contributed by atoms with Crippen molar-refractivity contribution in [2.24, 2.45) is 0 Å². The topological polar surface area (TPSA) is 38.8 Å². The first-order chi connectivity index (χ1) is 11.6. The van der Waals surface area contributed by atoms with Gasteiger partial charge in [-0.2, -0.15) is 0 Å². The predicted molar refractivity (Wildman–Crippen MR) is 93.8 cm³/mol. The molecule has 0 bridgehead atoms. The van der Waals surface area contributed by atoms with Gasteiger partial charge in [0.15, 0.2) is 17.6 Å². The molecule has 1 aliphatic rings. The monoisotopic (exact) mass is 345 g/mol. The van der Waals surface area contributed by atoms with Crippen LogP contribution in [0.25, 0.3) is 0 Å². The van der Waals surface area contributed by atoms with Crippen molar-refractivity contribution in [2.75, 3.05) is 20.2 Å². The van der Waals surface area contributed by atoms with Crippen LogP contribution in [0, 0.1) is 0 Å². The number of hydrogen-bond donors (Lipinski definition) is 0. The van der Waals surface area contributed by atoms with E-state index in [0.29, 0.717) is 31.0 Å². The summed E-state index contributed by atoms with van der Waals surface area (Å²) in [7, 11) is 1.79. The number of halogens is 1. The number of para-hydroxylation sites is 2. The maximum atomic E-state index is 12.3. The molecule has 0 spiro atoms. The van der Waals surface area contributed by atoms with Gasteiger partial charge in [-0.1, -0.05) is 41.9 Å². The van der Waals surface area contributed by atoms with Crippen molar-refractivity contribution >= 4 is 17.5 Å². The van der Waals surface area contributed by atoms with Crippen LogP contribution < -0.4 is 9.47 Å². The number of fused-ring (bicyclic) bond motifs is 1. The normalized spacial score (nSPS) is 15.8.